The summed E-state index contributed by atoms with van der Waals surface area (Å²) in [6, 6.07) is 12.0. The topological polar surface area (TPSA) is 51.2 Å². The summed E-state index contributed by atoms with van der Waals surface area (Å²) < 4.78 is 7.76. The van der Waals surface area contributed by atoms with Gasteiger partial charge in [-0.25, -0.2) is 0 Å². The van der Waals surface area contributed by atoms with Crippen LogP contribution in [0.5, 0.6) is 0 Å². The fraction of sp³-hybridized carbons (Fsp3) is 0.118. The molecule has 0 aliphatic heterocycles. The van der Waals surface area contributed by atoms with Gasteiger partial charge in [-0.15, -0.1) is 0 Å². The van der Waals surface area contributed by atoms with Gasteiger partial charge in [0.15, 0.2) is 0 Å². The van der Waals surface area contributed by atoms with Gasteiger partial charge in [0, 0.05) is 35.1 Å². The number of aliphatic hydroxyl groups excluding tert-OH is 1. The summed E-state index contributed by atoms with van der Waals surface area (Å²) in [7, 11) is 2.04. The standard InChI is InChI=1S/C17H14N2O2/c1-19-15-4-2-11(17-5-3-12(10-20)21-17)8-14(15)13-6-7-18-9-16(13)19/h2-9,20H,10H2,1H3. The van der Waals surface area contributed by atoms with Gasteiger partial charge in [-0.05, 0) is 36.4 Å². The first-order chi connectivity index (χ1) is 10.3. The number of fused-ring (bicyclic) bond motifs is 3. The Kier molecular flexibility index (Phi) is 2.59. The Balaban J connectivity index is 1.99. The van der Waals surface area contributed by atoms with E-state index in [9.17, 15) is 0 Å². The van der Waals surface area contributed by atoms with Gasteiger partial charge in [0.25, 0.3) is 0 Å². The van der Waals surface area contributed by atoms with Crippen LogP contribution in [0.25, 0.3) is 33.1 Å². The lowest BCUT2D eigenvalue weighted by atomic mass is 10.1. The second-order valence-corrected chi connectivity index (χ2v) is 5.11. The minimum absolute atomic E-state index is 0.0812. The number of furan rings is 1. The van der Waals surface area contributed by atoms with Crippen LogP contribution >= 0.6 is 0 Å². The van der Waals surface area contributed by atoms with E-state index < -0.39 is 0 Å². The lowest BCUT2D eigenvalue weighted by Crippen LogP contribution is -1.86. The van der Waals surface area contributed by atoms with E-state index in [0.717, 1.165) is 22.4 Å². The van der Waals surface area contributed by atoms with Crippen molar-refractivity contribution >= 4 is 21.8 Å². The molecule has 4 heteroatoms. The predicted molar refractivity (Wildman–Crippen MR) is 81.8 cm³/mol. The molecule has 1 N–H and O–H groups in total. The summed E-state index contributed by atoms with van der Waals surface area (Å²) in [5.74, 6) is 1.35. The van der Waals surface area contributed by atoms with Gasteiger partial charge in [0.1, 0.15) is 18.1 Å². The van der Waals surface area contributed by atoms with Gasteiger partial charge >= 0.3 is 0 Å². The van der Waals surface area contributed by atoms with Crippen molar-refractivity contribution in [2.45, 2.75) is 6.61 Å². The van der Waals surface area contributed by atoms with Gasteiger partial charge in [0.05, 0.1) is 11.7 Å². The molecule has 0 bridgehead atoms. The second kappa shape index (κ2) is 4.46. The lowest BCUT2D eigenvalue weighted by Gasteiger charge is -2.00. The molecule has 1 aromatic carbocycles. The number of pyridine rings is 1. The average Bonchev–Trinajstić information content (AvgIpc) is 3.12. The second-order valence-electron chi connectivity index (χ2n) is 5.11. The monoisotopic (exact) mass is 278 g/mol. The van der Waals surface area contributed by atoms with E-state index in [4.69, 9.17) is 9.52 Å². The number of benzene rings is 1. The maximum atomic E-state index is 9.11. The predicted octanol–water partition coefficient (Wildman–Crippen LogP) is 3.48. The van der Waals surface area contributed by atoms with Gasteiger partial charge in [0.2, 0.25) is 0 Å². The number of hydrogen-bond donors (Lipinski definition) is 1. The van der Waals surface area contributed by atoms with Crippen LogP contribution in [0.15, 0.2) is 53.2 Å². The third-order valence-electron chi connectivity index (χ3n) is 3.91. The third-order valence-corrected chi connectivity index (χ3v) is 3.91. The minimum atomic E-state index is -0.0812. The summed E-state index contributed by atoms with van der Waals surface area (Å²) >= 11 is 0. The van der Waals surface area contributed by atoms with E-state index in [1.165, 1.54) is 10.8 Å². The Morgan fingerprint density at radius 2 is 2.00 bits per heavy atom. The van der Waals surface area contributed by atoms with Crippen LogP contribution in [-0.2, 0) is 13.7 Å². The highest BCUT2D eigenvalue weighted by molar-refractivity contribution is 6.08. The fourth-order valence-corrected chi connectivity index (χ4v) is 2.83. The van der Waals surface area contributed by atoms with Crippen LogP contribution in [0.1, 0.15) is 5.76 Å². The van der Waals surface area contributed by atoms with E-state index >= 15 is 0 Å². The smallest absolute Gasteiger partial charge is 0.134 e. The molecule has 4 rings (SSSR count). The molecule has 0 atom stereocenters. The highest BCUT2D eigenvalue weighted by Gasteiger charge is 2.11. The number of aliphatic hydroxyl groups is 1. The molecule has 0 saturated heterocycles. The summed E-state index contributed by atoms with van der Waals surface area (Å²) in [4.78, 5) is 4.20. The van der Waals surface area contributed by atoms with Crippen molar-refractivity contribution in [3.05, 3.63) is 54.6 Å². The van der Waals surface area contributed by atoms with E-state index in [-0.39, 0.29) is 6.61 Å². The van der Waals surface area contributed by atoms with Gasteiger partial charge in [-0.2, -0.15) is 0 Å². The first-order valence-corrected chi connectivity index (χ1v) is 6.80. The molecule has 3 heterocycles. The lowest BCUT2D eigenvalue weighted by molar-refractivity contribution is 0.248. The molecule has 0 unspecified atom stereocenters. The number of nitrogens with zero attached hydrogens (tertiary/aromatic N) is 2. The van der Waals surface area contributed by atoms with Crippen molar-refractivity contribution in [1.82, 2.24) is 9.55 Å². The van der Waals surface area contributed by atoms with E-state index in [2.05, 4.69) is 21.7 Å². The summed E-state index contributed by atoms with van der Waals surface area (Å²) in [5.41, 5.74) is 3.28. The molecule has 0 fully saturated rings. The van der Waals surface area contributed by atoms with Crippen LogP contribution < -0.4 is 0 Å². The first kappa shape index (κ1) is 12.2. The average molecular weight is 278 g/mol. The van der Waals surface area contributed by atoms with Crippen molar-refractivity contribution in [3.63, 3.8) is 0 Å². The molecule has 0 radical (unpaired) electrons. The Morgan fingerprint density at radius 1 is 1.10 bits per heavy atom. The van der Waals surface area contributed by atoms with Gasteiger partial charge in [-0.3, -0.25) is 4.98 Å². The SMILES string of the molecule is Cn1c2ccc(-c3ccc(CO)o3)cc2c2ccncc21. The van der Waals surface area contributed by atoms with Crippen LogP contribution in [0.2, 0.25) is 0 Å². The maximum absolute atomic E-state index is 9.11. The molecule has 0 spiro atoms. The zero-order valence-corrected chi connectivity index (χ0v) is 11.6. The Hall–Kier alpha value is -2.59. The Bertz CT molecular complexity index is 950. The highest BCUT2D eigenvalue weighted by atomic mass is 16.4. The molecular weight excluding hydrogens is 264 g/mol. The molecule has 4 nitrogen and oxygen atoms in total. The third kappa shape index (κ3) is 1.76. The van der Waals surface area contributed by atoms with Crippen molar-refractivity contribution in [2.24, 2.45) is 7.05 Å². The molecular formula is C17H14N2O2. The van der Waals surface area contributed by atoms with Crippen LogP contribution in [0.4, 0.5) is 0 Å². The molecule has 0 aliphatic rings. The largest absolute Gasteiger partial charge is 0.459 e. The van der Waals surface area contributed by atoms with Gasteiger partial charge < -0.3 is 14.1 Å². The molecule has 104 valence electrons. The maximum Gasteiger partial charge on any atom is 0.134 e. The molecule has 3 aromatic heterocycles. The fourth-order valence-electron chi connectivity index (χ4n) is 2.83. The molecule has 21 heavy (non-hydrogen) atoms. The highest BCUT2D eigenvalue weighted by Crippen LogP contribution is 2.32. The van der Waals surface area contributed by atoms with Crippen molar-refractivity contribution < 1.29 is 9.52 Å². The van der Waals surface area contributed by atoms with E-state index in [1.807, 2.05) is 37.6 Å². The summed E-state index contributed by atoms with van der Waals surface area (Å²) in [6.07, 6.45) is 3.69. The molecule has 4 aromatic rings. The van der Waals surface area contributed by atoms with Crippen LogP contribution in [0, 0.1) is 0 Å². The summed E-state index contributed by atoms with van der Waals surface area (Å²) in [5, 5.41) is 11.5. The molecule has 0 saturated carbocycles. The zero-order chi connectivity index (χ0) is 14.4. The normalized spacial score (nSPS) is 11.5. The van der Waals surface area contributed by atoms with Crippen molar-refractivity contribution in [3.8, 4) is 11.3 Å². The van der Waals surface area contributed by atoms with Crippen LogP contribution in [0.3, 0.4) is 0 Å². The van der Waals surface area contributed by atoms with Gasteiger partial charge in [-0.1, -0.05) is 0 Å². The molecule has 0 amide bonds. The number of aryl methyl sites for hydroxylation is 1. The number of hydrogen-bond acceptors (Lipinski definition) is 3. The quantitative estimate of drug-likeness (QED) is 0.610. The Morgan fingerprint density at radius 3 is 2.81 bits per heavy atom. The van der Waals surface area contributed by atoms with Crippen LogP contribution in [-0.4, -0.2) is 14.7 Å². The number of rotatable bonds is 2. The molecule has 0 aliphatic carbocycles. The minimum Gasteiger partial charge on any atom is -0.459 e. The summed E-state index contributed by atoms with van der Waals surface area (Å²) in [6.45, 7) is -0.0812. The van der Waals surface area contributed by atoms with E-state index in [1.54, 1.807) is 6.07 Å². The zero-order valence-electron chi connectivity index (χ0n) is 11.6. The van der Waals surface area contributed by atoms with E-state index in [0.29, 0.717) is 5.76 Å². The first-order valence-electron chi connectivity index (χ1n) is 6.80. The number of aromatic nitrogens is 2. The van der Waals surface area contributed by atoms with Crippen molar-refractivity contribution in [2.75, 3.05) is 0 Å². The van der Waals surface area contributed by atoms with Crippen molar-refractivity contribution in [1.29, 1.82) is 0 Å². The Labute approximate surface area is 121 Å².